The van der Waals surface area contributed by atoms with Crippen LogP contribution in [0.2, 0.25) is 0 Å². The number of anilines is 2. The molecule has 0 saturated carbocycles. The summed E-state index contributed by atoms with van der Waals surface area (Å²) in [4.78, 5) is 24.4. The molecule has 0 heterocycles. The summed E-state index contributed by atoms with van der Waals surface area (Å²) >= 11 is 0. The summed E-state index contributed by atoms with van der Waals surface area (Å²) in [5.41, 5.74) is 13.6. The van der Waals surface area contributed by atoms with Crippen LogP contribution >= 0.6 is 0 Å². The minimum atomic E-state index is -6.38. The zero-order valence-electron chi connectivity index (χ0n) is 22.2. The van der Waals surface area contributed by atoms with Crippen LogP contribution in [-0.2, 0) is 16.1 Å². The number of alkyl halides is 7. The van der Waals surface area contributed by atoms with E-state index in [9.17, 15) is 40.3 Å². The average Bonchev–Trinajstić information content (AvgIpc) is 2.93. The van der Waals surface area contributed by atoms with Crippen molar-refractivity contribution in [2.75, 3.05) is 18.1 Å². The first kappa shape index (κ1) is 32.8. The molecule has 7 nitrogen and oxygen atoms in total. The quantitative estimate of drug-likeness (QED) is 0.0575. The van der Waals surface area contributed by atoms with E-state index in [1.165, 1.54) is 48.6 Å². The third-order valence-electron chi connectivity index (χ3n) is 5.73. The van der Waals surface area contributed by atoms with Gasteiger partial charge in [-0.1, -0.05) is 12.1 Å². The van der Waals surface area contributed by atoms with Gasteiger partial charge in [-0.05, 0) is 78.2 Å². The van der Waals surface area contributed by atoms with Crippen LogP contribution in [0, 0.1) is 0 Å². The Morgan fingerprint density at radius 2 is 1.37 bits per heavy atom. The Kier molecular flexibility index (Phi) is 10.3. The summed E-state index contributed by atoms with van der Waals surface area (Å²) in [6.07, 6.45) is -6.21. The topological polar surface area (TPSA) is 114 Å². The summed E-state index contributed by atoms with van der Waals surface area (Å²) in [5.74, 6) is -12.6. The van der Waals surface area contributed by atoms with Crippen LogP contribution in [0.15, 0.2) is 72.8 Å². The van der Waals surface area contributed by atoms with Crippen molar-refractivity contribution in [1.29, 1.82) is 0 Å². The van der Waals surface area contributed by atoms with Gasteiger partial charge in [0.2, 0.25) is 0 Å². The smallest absolute Gasteiger partial charge is 0.459 e. The van der Waals surface area contributed by atoms with Crippen LogP contribution in [0.3, 0.4) is 0 Å². The highest BCUT2D eigenvalue weighted by Crippen LogP contribution is 2.48. The van der Waals surface area contributed by atoms with E-state index in [0.29, 0.717) is 22.5 Å². The number of ether oxygens (including phenoxy) is 3. The molecule has 3 rings (SSSR count). The summed E-state index contributed by atoms with van der Waals surface area (Å²) in [7, 11) is 0. The lowest BCUT2D eigenvalue weighted by atomic mass is 10.1. The molecule has 43 heavy (non-hydrogen) atoms. The van der Waals surface area contributed by atoms with Gasteiger partial charge in [-0.3, -0.25) is 0 Å². The lowest BCUT2D eigenvalue weighted by molar-refractivity contribution is -0.355. The lowest BCUT2D eigenvalue weighted by Gasteiger charge is -2.28. The average molecular weight is 615 g/mol. The molecule has 0 fully saturated rings. The second-order valence-corrected chi connectivity index (χ2v) is 9.16. The van der Waals surface area contributed by atoms with Gasteiger partial charge in [-0.2, -0.15) is 30.7 Å². The first-order valence-electron chi connectivity index (χ1n) is 12.4. The standard InChI is InChI=1S/C29H25F7N2O5/c30-27(31,28(32,33)29(34,35)36)12-1-13-41-23-9-5-20(6-10-23)26(40)43-24-7-2-18(3-8-24)4-11-25(39)42-17-19-14-21(37)16-22(38)15-19/h2-11,14-16H,1,12-13,17,37-38H2. The van der Waals surface area contributed by atoms with Crippen molar-refractivity contribution in [2.24, 2.45) is 0 Å². The number of esters is 2. The van der Waals surface area contributed by atoms with Gasteiger partial charge in [0.1, 0.15) is 18.1 Å². The van der Waals surface area contributed by atoms with Crippen LogP contribution < -0.4 is 20.9 Å². The fourth-order valence-corrected chi connectivity index (χ4v) is 3.54. The van der Waals surface area contributed by atoms with E-state index < -0.39 is 49.4 Å². The molecule has 14 heteroatoms. The van der Waals surface area contributed by atoms with Crippen molar-refractivity contribution in [3.63, 3.8) is 0 Å². The predicted octanol–water partition coefficient (Wildman–Crippen LogP) is 6.82. The van der Waals surface area contributed by atoms with Crippen LogP contribution in [-0.4, -0.2) is 36.6 Å². The van der Waals surface area contributed by atoms with Gasteiger partial charge < -0.3 is 25.7 Å². The lowest BCUT2D eigenvalue weighted by Crippen LogP contribution is -2.51. The van der Waals surface area contributed by atoms with E-state index in [1.54, 1.807) is 30.3 Å². The number of nitrogens with two attached hydrogens (primary N) is 2. The molecule has 0 atom stereocenters. The van der Waals surface area contributed by atoms with Crippen LogP contribution in [0.4, 0.5) is 42.1 Å². The molecule has 0 amide bonds. The molecule has 0 saturated heterocycles. The second-order valence-electron chi connectivity index (χ2n) is 9.16. The zero-order valence-corrected chi connectivity index (χ0v) is 22.2. The number of hydrogen-bond donors (Lipinski definition) is 2. The van der Waals surface area contributed by atoms with E-state index >= 15 is 0 Å². The Bertz CT molecular complexity index is 1420. The fourth-order valence-electron chi connectivity index (χ4n) is 3.54. The summed E-state index contributed by atoms with van der Waals surface area (Å²) in [6, 6.07) is 16.1. The molecule has 0 aliphatic rings. The van der Waals surface area contributed by atoms with E-state index in [0.717, 1.165) is 0 Å². The summed E-state index contributed by atoms with van der Waals surface area (Å²) in [5, 5.41) is 0. The van der Waals surface area contributed by atoms with Crippen LogP contribution in [0.5, 0.6) is 11.5 Å². The van der Waals surface area contributed by atoms with Gasteiger partial charge >= 0.3 is 30.0 Å². The molecule has 3 aromatic rings. The van der Waals surface area contributed by atoms with Gasteiger partial charge in [0.25, 0.3) is 0 Å². The molecule has 0 aliphatic carbocycles. The number of halogens is 7. The van der Waals surface area contributed by atoms with Crippen molar-refractivity contribution in [3.05, 3.63) is 89.5 Å². The first-order chi connectivity index (χ1) is 20.1. The Morgan fingerprint density at radius 3 is 1.95 bits per heavy atom. The van der Waals surface area contributed by atoms with Gasteiger partial charge in [-0.15, -0.1) is 0 Å². The van der Waals surface area contributed by atoms with Gasteiger partial charge in [0.15, 0.2) is 0 Å². The Labute approximate surface area is 240 Å². The maximum Gasteiger partial charge on any atom is 0.459 e. The molecule has 230 valence electrons. The van der Waals surface area contributed by atoms with Crippen molar-refractivity contribution < 1.29 is 54.5 Å². The SMILES string of the molecule is Nc1cc(N)cc(COC(=O)C=Cc2ccc(OC(=O)c3ccc(OCCCC(F)(F)C(F)(F)C(F)(F)F)cc3)cc2)c1. The zero-order chi connectivity index (χ0) is 31.8. The van der Waals surface area contributed by atoms with Crippen molar-refractivity contribution >= 4 is 29.4 Å². The molecule has 0 unspecified atom stereocenters. The monoisotopic (exact) mass is 614 g/mol. The van der Waals surface area contributed by atoms with Crippen molar-refractivity contribution in [1.82, 2.24) is 0 Å². The number of benzene rings is 3. The molecular weight excluding hydrogens is 589 g/mol. The van der Waals surface area contributed by atoms with E-state index in [2.05, 4.69) is 0 Å². The largest absolute Gasteiger partial charge is 0.494 e. The molecular formula is C29H25F7N2O5. The minimum Gasteiger partial charge on any atom is -0.494 e. The number of rotatable bonds is 12. The summed E-state index contributed by atoms with van der Waals surface area (Å²) < 4.78 is 105. The highest BCUT2D eigenvalue weighted by molar-refractivity contribution is 5.91. The Morgan fingerprint density at radius 1 is 0.791 bits per heavy atom. The Balaban J connectivity index is 1.44. The first-order valence-corrected chi connectivity index (χ1v) is 12.4. The Hall–Kier alpha value is -4.75. The molecule has 0 aromatic heterocycles. The maximum absolute atomic E-state index is 13.3. The fraction of sp³-hybridized carbons (Fsp3) is 0.241. The molecule has 3 aromatic carbocycles. The number of carbonyl (C=O) groups is 2. The molecule has 0 radical (unpaired) electrons. The highest BCUT2D eigenvalue weighted by Gasteiger charge is 2.72. The number of nitrogen functional groups attached to an aromatic ring is 2. The van der Waals surface area contributed by atoms with Crippen LogP contribution in [0.25, 0.3) is 6.08 Å². The van der Waals surface area contributed by atoms with Gasteiger partial charge in [-0.25, -0.2) is 9.59 Å². The van der Waals surface area contributed by atoms with Crippen molar-refractivity contribution in [2.45, 2.75) is 37.5 Å². The van der Waals surface area contributed by atoms with Crippen molar-refractivity contribution in [3.8, 4) is 11.5 Å². The normalized spacial score (nSPS) is 12.3. The molecule has 0 spiro atoms. The third-order valence-corrected chi connectivity index (χ3v) is 5.73. The van der Waals surface area contributed by atoms with Gasteiger partial charge in [0, 0.05) is 23.9 Å². The van der Waals surface area contributed by atoms with E-state index in [1.807, 2.05) is 0 Å². The molecule has 0 aliphatic heterocycles. The third kappa shape index (κ3) is 9.12. The van der Waals surface area contributed by atoms with E-state index in [4.69, 9.17) is 25.7 Å². The van der Waals surface area contributed by atoms with Crippen LogP contribution in [0.1, 0.15) is 34.3 Å². The molecule has 4 N–H and O–H groups in total. The number of hydrogen-bond acceptors (Lipinski definition) is 7. The highest BCUT2D eigenvalue weighted by atomic mass is 19.4. The summed E-state index contributed by atoms with van der Waals surface area (Å²) in [6.45, 7) is -0.588. The number of carbonyl (C=O) groups excluding carboxylic acids is 2. The molecule has 0 bridgehead atoms. The minimum absolute atomic E-state index is 0.0216. The predicted molar refractivity (Wildman–Crippen MR) is 143 cm³/mol. The second kappa shape index (κ2) is 13.5. The van der Waals surface area contributed by atoms with Gasteiger partial charge in [0.05, 0.1) is 12.2 Å². The van der Waals surface area contributed by atoms with E-state index in [-0.39, 0.29) is 23.7 Å². The maximum atomic E-state index is 13.3.